The molecule has 2 N–H and O–H groups in total. The van der Waals surface area contributed by atoms with E-state index in [1.54, 1.807) is 16.5 Å². The number of hydrogen-bond donors (Lipinski definition) is 1. The highest BCUT2D eigenvalue weighted by Gasteiger charge is 2.54. The number of anilines is 3. The van der Waals surface area contributed by atoms with Crippen LogP contribution in [0.25, 0.3) is 0 Å². The number of hydrogen-bond acceptors (Lipinski definition) is 4. The normalized spacial score (nSPS) is 29.6. The molecule has 0 bridgehead atoms. The molecule has 1 aromatic heterocycles. The lowest BCUT2D eigenvalue weighted by Gasteiger charge is -2.54. The number of nitrogens with two attached hydrogens (primary N) is 1. The van der Waals surface area contributed by atoms with Crippen LogP contribution in [0, 0.1) is 41.9 Å². The number of rotatable bonds is 4. The molecule has 1 aromatic carbocycles. The quantitative estimate of drug-likeness (QED) is 0.506. The number of fused-ring (bicyclic) bond motifs is 3. The van der Waals surface area contributed by atoms with E-state index in [9.17, 15) is 4.79 Å². The number of nitrogens with zero attached hydrogens (tertiary/aromatic N) is 3. The van der Waals surface area contributed by atoms with E-state index in [1.165, 1.54) is 24.7 Å². The van der Waals surface area contributed by atoms with Gasteiger partial charge in [-0.25, -0.2) is 9.97 Å². The first kappa shape index (κ1) is 24.7. The molecule has 0 unspecified atom stereocenters. The minimum absolute atomic E-state index is 0.123. The third-order valence-corrected chi connectivity index (χ3v) is 9.28. The lowest BCUT2D eigenvalue weighted by atomic mass is 9.51. The van der Waals surface area contributed by atoms with Gasteiger partial charge >= 0.3 is 0 Å². The standard InChI is InChI=1S/C31H40N4O/c1-19(2)22-8-12-25-23(16-22)9-13-26-29(25)21(4)14-15-31(26,5)30(36)35(24-10-6-20(3)7-11-24)28-17-27(32)33-18-34-28/h6-7,9-11,16-19,21,25-26,29H,8,12-15H2,1-5H3,(H2,32,33,34)/t21-,25-,26+,29+,31+/m0/s1. The lowest BCUT2D eigenvalue weighted by Crippen LogP contribution is -2.53. The minimum Gasteiger partial charge on any atom is -0.384 e. The van der Waals surface area contributed by atoms with Gasteiger partial charge in [-0.15, -0.1) is 0 Å². The second-order valence-corrected chi connectivity index (χ2v) is 11.9. The first-order valence-electron chi connectivity index (χ1n) is 13.6. The molecule has 0 aliphatic heterocycles. The third kappa shape index (κ3) is 4.27. The van der Waals surface area contributed by atoms with Crippen LogP contribution in [0.4, 0.5) is 17.3 Å². The van der Waals surface area contributed by atoms with E-state index >= 15 is 0 Å². The molecule has 1 saturated carbocycles. The van der Waals surface area contributed by atoms with Crippen LogP contribution in [-0.2, 0) is 4.79 Å². The van der Waals surface area contributed by atoms with Gasteiger partial charge in [0, 0.05) is 6.07 Å². The average molecular weight is 485 g/mol. The van der Waals surface area contributed by atoms with E-state index in [0.717, 1.165) is 30.5 Å². The summed E-state index contributed by atoms with van der Waals surface area (Å²) < 4.78 is 0. The average Bonchev–Trinajstić information content (AvgIpc) is 2.87. The van der Waals surface area contributed by atoms with Crippen molar-refractivity contribution in [2.24, 2.45) is 35.0 Å². The van der Waals surface area contributed by atoms with Crippen LogP contribution in [0.3, 0.4) is 0 Å². The summed E-state index contributed by atoms with van der Waals surface area (Å²) in [6, 6.07) is 9.82. The molecule has 2 aromatic rings. The molecule has 0 radical (unpaired) electrons. The van der Waals surface area contributed by atoms with Gasteiger partial charge in [-0.2, -0.15) is 0 Å². The zero-order chi connectivity index (χ0) is 25.6. The summed E-state index contributed by atoms with van der Waals surface area (Å²) in [4.78, 5) is 25.0. The maximum absolute atomic E-state index is 14.7. The topological polar surface area (TPSA) is 72.1 Å². The Hall–Kier alpha value is -2.95. The Morgan fingerprint density at radius 2 is 1.92 bits per heavy atom. The van der Waals surface area contributed by atoms with E-state index in [1.807, 2.05) is 24.3 Å². The molecule has 5 atom stereocenters. The van der Waals surface area contributed by atoms with Crippen molar-refractivity contribution in [1.82, 2.24) is 9.97 Å². The second kappa shape index (κ2) is 9.49. The van der Waals surface area contributed by atoms with Crippen molar-refractivity contribution in [2.75, 3.05) is 10.6 Å². The Labute approximate surface area is 215 Å². The van der Waals surface area contributed by atoms with Crippen LogP contribution < -0.4 is 10.6 Å². The molecule has 3 aliphatic rings. The molecule has 0 spiro atoms. The first-order chi connectivity index (χ1) is 17.2. The molecule has 1 fully saturated rings. The summed E-state index contributed by atoms with van der Waals surface area (Å²) in [5.74, 6) is 3.63. The molecular formula is C31H40N4O. The Bertz CT molecular complexity index is 1200. The van der Waals surface area contributed by atoms with Gasteiger partial charge in [0.1, 0.15) is 18.0 Å². The second-order valence-electron chi connectivity index (χ2n) is 11.9. The van der Waals surface area contributed by atoms with E-state index in [0.29, 0.717) is 41.2 Å². The fourth-order valence-corrected chi connectivity index (χ4v) is 7.10. The van der Waals surface area contributed by atoms with Gasteiger partial charge in [0.25, 0.3) is 0 Å². The molecule has 5 heteroatoms. The van der Waals surface area contributed by atoms with Crippen molar-refractivity contribution in [1.29, 1.82) is 0 Å². The predicted octanol–water partition coefficient (Wildman–Crippen LogP) is 7.02. The minimum atomic E-state index is -0.480. The van der Waals surface area contributed by atoms with Crippen LogP contribution in [0.2, 0.25) is 0 Å². The molecule has 1 heterocycles. The molecular weight excluding hydrogens is 444 g/mol. The summed E-state index contributed by atoms with van der Waals surface area (Å²) >= 11 is 0. The number of allylic oxidation sites excluding steroid dienone is 4. The van der Waals surface area contributed by atoms with Gasteiger partial charge in [0.2, 0.25) is 5.91 Å². The number of amides is 1. The molecule has 36 heavy (non-hydrogen) atoms. The Kier molecular flexibility index (Phi) is 6.52. The zero-order valence-corrected chi connectivity index (χ0v) is 22.4. The largest absolute Gasteiger partial charge is 0.384 e. The Balaban J connectivity index is 1.55. The first-order valence-corrected chi connectivity index (χ1v) is 13.6. The number of carbonyl (C=O) groups is 1. The van der Waals surface area contributed by atoms with Crippen molar-refractivity contribution < 1.29 is 4.79 Å². The predicted molar refractivity (Wildman–Crippen MR) is 147 cm³/mol. The molecule has 190 valence electrons. The number of benzene rings is 1. The van der Waals surface area contributed by atoms with Gasteiger partial charge in [0.05, 0.1) is 11.1 Å². The summed E-state index contributed by atoms with van der Waals surface area (Å²) in [5.41, 5.74) is 10.6. The third-order valence-electron chi connectivity index (χ3n) is 9.28. The van der Waals surface area contributed by atoms with Crippen molar-refractivity contribution in [2.45, 2.75) is 66.7 Å². The molecule has 5 nitrogen and oxygen atoms in total. The van der Waals surface area contributed by atoms with Crippen molar-refractivity contribution >= 4 is 23.2 Å². The Morgan fingerprint density at radius 3 is 2.61 bits per heavy atom. The van der Waals surface area contributed by atoms with Crippen LogP contribution in [0.5, 0.6) is 0 Å². The molecule has 3 aliphatic carbocycles. The van der Waals surface area contributed by atoms with Crippen molar-refractivity contribution in [3.05, 3.63) is 65.5 Å². The van der Waals surface area contributed by atoms with Crippen LogP contribution >= 0.6 is 0 Å². The van der Waals surface area contributed by atoms with Gasteiger partial charge < -0.3 is 5.73 Å². The molecule has 0 saturated heterocycles. The summed E-state index contributed by atoms with van der Waals surface area (Å²) in [5, 5.41) is 0. The number of aryl methyl sites for hydroxylation is 1. The van der Waals surface area contributed by atoms with E-state index < -0.39 is 5.41 Å². The SMILES string of the molecule is Cc1ccc(N(C(=O)[C@]2(C)CC[C@H](C)[C@H]3[C@H]2CC=C2C=C(C(C)C)CC[C@@H]23)c2cc(N)ncn2)cc1. The van der Waals surface area contributed by atoms with Crippen molar-refractivity contribution in [3.63, 3.8) is 0 Å². The maximum Gasteiger partial charge on any atom is 0.238 e. The number of aromatic nitrogens is 2. The van der Waals surface area contributed by atoms with Crippen LogP contribution in [0.15, 0.2) is 60.0 Å². The van der Waals surface area contributed by atoms with E-state index in [2.05, 4.69) is 56.7 Å². The van der Waals surface area contributed by atoms with Gasteiger partial charge in [-0.1, -0.05) is 63.1 Å². The zero-order valence-electron chi connectivity index (χ0n) is 22.4. The van der Waals surface area contributed by atoms with Crippen LogP contribution in [0.1, 0.15) is 65.4 Å². The number of nitrogen functional groups attached to an aromatic ring is 1. The maximum atomic E-state index is 14.7. The number of carbonyl (C=O) groups excluding carboxylic acids is 1. The fraction of sp³-hybridized carbons (Fsp3) is 0.516. The van der Waals surface area contributed by atoms with Gasteiger partial charge in [-0.3, -0.25) is 9.69 Å². The molecule has 5 rings (SSSR count). The van der Waals surface area contributed by atoms with Crippen LogP contribution in [-0.4, -0.2) is 15.9 Å². The summed E-state index contributed by atoms with van der Waals surface area (Å²) in [6.07, 6.45) is 11.7. The monoisotopic (exact) mass is 484 g/mol. The van der Waals surface area contributed by atoms with Crippen molar-refractivity contribution in [3.8, 4) is 0 Å². The highest BCUT2D eigenvalue weighted by Crippen LogP contribution is 2.58. The van der Waals surface area contributed by atoms with E-state index in [4.69, 9.17) is 5.73 Å². The molecule has 1 amide bonds. The van der Waals surface area contributed by atoms with Gasteiger partial charge in [0.15, 0.2) is 0 Å². The fourth-order valence-electron chi connectivity index (χ4n) is 7.10. The summed E-state index contributed by atoms with van der Waals surface area (Å²) in [6.45, 7) is 11.3. The van der Waals surface area contributed by atoms with E-state index in [-0.39, 0.29) is 5.91 Å². The lowest BCUT2D eigenvalue weighted by molar-refractivity contribution is -0.136. The highest BCUT2D eigenvalue weighted by molar-refractivity contribution is 6.03. The Morgan fingerprint density at radius 1 is 1.17 bits per heavy atom. The highest BCUT2D eigenvalue weighted by atomic mass is 16.2. The summed E-state index contributed by atoms with van der Waals surface area (Å²) in [7, 11) is 0. The smallest absolute Gasteiger partial charge is 0.238 e. The van der Waals surface area contributed by atoms with Gasteiger partial charge in [-0.05, 0) is 86.3 Å².